The molecule has 0 spiro atoms. The number of hydrogen-bond acceptors (Lipinski definition) is 1. The molecule has 0 aliphatic carbocycles. The normalized spacial score (nSPS) is 7.91. The minimum absolute atomic E-state index is 0.681. The molecule has 0 aliphatic heterocycles. The van der Waals surface area contributed by atoms with Crippen LogP contribution in [0.3, 0.4) is 0 Å². The Morgan fingerprint density at radius 2 is 1.55 bits per heavy atom. The lowest BCUT2D eigenvalue weighted by Gasteiger charge is -1.86. The molecule has 0 aromatic rings. The van der Waals surface area contributed by atoms with Gasteiger partial charge in [0.2, 0.25) is 6.41 Å². The van der Waals surface area contributed by atoms with E-state index in [0.29, 0.717) is 6.41 Å². The van der Waals surface area contributed by atoms with Gasteiger partial charge in [0, 0.05) is 6.54 Å². The number of rotatable bonds is 5. The minimum Gasteiger partial charge on any atom is -0.359 e. The number of unbranched alkanes of at least 4 members (excludes halogenated alkanes) is 3. The molecule has 1 N–H and O–H groups in total. The molecular weight excluding hydrogens is 138 g/mol. The number of carbonyl (C=O) groups excluding carboxylic acids is 1. The van der Waals surface area contributed by atoms with E-state index in [0.717, 1.165) is 6.54 Å². The van der Waals surface area contributed by atoms with Crippen molar-refractivity contribution in [1.82, 2.24) is 5.32 Å². The first-order chi connectivity index (χ1) is 5.33. The molecule has 0 rings (SSSR count). The molecule has 0 heterocycles. The lowest BCUT2D eigenvalue weighted by atomic mass is 10.2. The van der Waals surface area contributed by atoms with E-state index in [9.17, 15) is 4.79 Å². The fourth-order valence-corrected chi connectivity index (χ4v) is 0.583. The Labute approximate surface area is 70.4 Å². The summed E-state index contributed by atoms with van der Waals surface area (Å²) in [6.07, 6.45) is 6.22. The zero-order valence-corrected chi connectivity index (χ0v) is 8.02. The molecule has 0 saturated carbocycles. The highest BCUT2D eigenvalue weighted by Gasteiger charge is 1.75. The van der Waals surface area contributed by atoms with Crippen molar-refractivity contribution < 1.29 is 4.79 Å². The third-order valence-electron chi connectivity index (χ3n) is 1.24. The Hall–Kier alpha value is -0.530. The summed E-state index contributed by atoms with van der Waals surface area (Å²) in [4.78, 5) is 9.29. The van der Waals surface area contributed by atoms with Crippen molar-refractivity contribution in [3.05, 3.63) is 0 Å². The first-order valence-corrected chi connectivity index (χ1v) is 4.50. The summed E-state index contributed by atoms with van der Waals surface area (Å²) >= 11 is 0. The van der Waals surface area contributed by atoms with Gasteiger partial charge in [-0.3, -0.25) is 4.79 Å². The molecule has 0 aromatic heterocycles. The molecule has 2 nitrogen and oxygen atoms in total. The van der Waals surface area contributed by atoms with Gasteiger partial charge in [-0.1, -0.05) is 39.5 Å². The molecule has 2 heteroatoms. The molecular formula is C9H21NO. The third kappa shape index (κ3) is 26.4. The summed E-state index contributed by atoms with van der Waals surface area (Å²) in [5.41, 5.74) is 0. The smallest absolute Gasteiger partial charge is 0.207 e. The monoisotopic (exact) mass is 159 g/mol. The number of hydrogen-bond donors (Lipinski definition) is 1. The van der Waals surface area contributed by atoms with Gasteiger partial charge in [0.25, 0.3) is 0 Å². The van der Waals surface area contributed by atoms with E-state index < -0.39 is 0 Å². The molecule has 0 saturated heterocycles. The van der Waals surface area contributed by atoms with E-state index in [2.05, 4.69) is 19.2 Å². The standard InChI is InChI=1S/C6H14.C3H7NO/c1-3-5-6-4-2;1-2-4-3-5/h3-6H2,1-2H3;3H,2H2,1H3,(H,4,5). The Kier molecular flexibility index (Phi) is 19.3. The zero-order valence-electron chi connectivity index (χ0n) is 8.02. The van der Waals surface area contributed by atoms with E-state index in [-0.39, 0.29) is 0 Å². The summed E-state index contributed by atoms with van der Waals surface area (Å²) in [6, 6.07) is 0. The number of nitrogens with one attached hydrogen (secondary N) is 1. The first-order valence-electron chi connectivity index (χ1n) is 4.50. The molecule has 0 fully saturated rings. The fourth-order valence-electron chi connectivity index (χ4n) is 0.583. The average molecular weight is 159 g/mol. The van der Waals surface area contributed by atoms with Crippen molar-refractivity contribution in [1.29, 1.82) is 0 Å². The second-order valence-corrected chi connectivity index (χ2v) is 2.38. The molecule has 0 bridgehead atoms. The second-order valence-electron chi connectivity index (χ2n) is 2.38. The van der Waals surface area contributed by atoms with Crippen LogP contribution in [-0.2, 0) is 4.79 Å². The molecule has 0 radical (unpaired) electrons. The molecule has 0 aliphatic rings. The highest BCUT2D eigenvalue weighted by atomic mass is 16.1. The van der Waals surface area contributed by atoms with Crippen LogP contribution < -0.4 is 5.32 Å². The van der Waals surface area contributed by atoms with E-state index >= 15 is 0 Å². The maximum absolute atomic E-state index is 9.29. The lowest BCUT2D eigenvalue weighted by Crippen LogP contribution is -2.07. The Balaban J connectivity index is 0. The Bertz CT molecular complexity index is 60.6. The molecule has 0 atom stereocenters. The van der Waals surface area contributed by atoms with Crippen molar-refractivity contribution in [2.45, 2.75) is 46.5 Å². The van der Waals surface area contributed by atoms with Crippen LogP contribution in [0.1, 0.15) is 46.5 Å². The van der Waals surface area contributed by atoms with Crippen molar-refractivity contribution in [2.75, 3.05) is 6.54 Å². The molecule has 1 amide bonds. The summed E-state index contributed by atoms with van der Waals surface area (Å²) in [6.45, 7) is 7.06. The number of amides is 1. The maximum atomic E-state index is 9.29. The van der Waals surface area contributed by atoms with Gasteiger partial charge in [0.05, 0.1) is 0 Å². The van der Waals surface area contributed by atoms with Crippen molar-refractivity contribution in [3.63, 3.8) is 0 Å². The third-order valence-corrected chi connectivity index (χ3v) is 1.24. The number of carbonyl (C=O) groups is 1. The van der Waals surface area contributed by atoms with Crippen LogP contribution in [0.15, 0.2) is 0 Å². The topological polar surface area (TPSA) is 29.1 Å². The average Bonchev–Trinajstić information content (AvgIpc) is 2.04. The minimum atomic E-state index is 0.681. The first kappa shape index (κ1) is 13.1. The van der Waals surface area contributed by atoms with Crippen LogP contribution in [-0.4, -0.2) is 13.0 Å². The van der Waals surface area contributed by atoms with Gasteiger partial charge >= 0.3 is 0 Å². The largest absolute Gasteiger partial charge is 0.359 e. The second kappa shape index (κ2) is 16.2. The van der Waals surface area contributed by atoms with Gasteiger partial charge in [-0.25, -0.2) is 0 Å². The van der Waals surface area contributed by atoms with Crippen molar-refractivity contribution in [2.24, 2.45) is 0 Å². The van der Waals surface area contributed by atoms with Crippen LogP contribution in [0.4, 0.5) is 0 Å². The highest BCUT2D eigenvalue weighted by molar-refractivity contribution is 5.45. The van der Waals surface area contributed by atoms with E-state index in [1.165, 1.54) is 25.7 Å². The fraction of sp³-hybridized carbons (Fsp3) is 0.889. The van der Waals surface area contributed by atoms with E-state index in [4.69, 9.17) is 0 Å². The van der Waals surface area contributed by atoms with Gasteiger partial charge in [-0.15, -0.1) is 0 Å². The SMILES string of the molecule is CCCCCC.CCNC=O. The van der Waals surface area contributed by atoms with E-state index in [1.807, 2.05) is 6.92 Å². The van der Waals surface area contributed by atoms with Crippen LogP contribution in [0.5, 0.6) is 0 Å². The summed E-state index contributed by atoms with van der Waals surface area (Å²) in [7, 11) is 0. The molecule has 0 aromatic carbocycles. The Morgan fingerprint density at radius 1 is 1.09 bits per heavy atom. The highest BCUT2D eigenvalue weighted by Crippen LogP contribution is 1.95. The van der Waals surface area contributed by atoms with Crippen LogP contribution in [0.2, 0.25) is 0 Å². The summed E-state index contributed by atoms with van der Waals surface area (Å²) < 4.78 is 0. The predicted molar refractivity (Wildman–Crippen MR) is 49.6 cm³/mol. The van der Waals surface area contributed by atoms with Crippen LogP contribution in [0.25, 0.3) is 0 Å². The quantitative estimate of drug-likeness (QED) is 0.484. The summed E-state index contributed by atoms with van der Waals surface area (Å²) in [5, 5.41) is 2.43. The van der Waals surface area contributed by atoms with Crippen LogP contribution in [0, 0.1) is 0 Å². The van der Waals surface area contributed by atoms with Gasteiger partial charge in [0.1, 0.15) is 0 Å². The van der Waals surface area contributed by atoms with Crippen LogP contribution >= 0.6 is 0 Å². The Morgan fingerprint density at radius 3 is 1.64 bits per heavy atom. The zero-order chi connectivity index (χ0) is 8.95. The molecule has 0 unspecified atom stereocenters. The summed E-state index contributed by atoms with van der Waals surface area (Å²) in [5.74, 6) is 0. The molecule has 68 valence electrons. The predicted octanol–water partition coefficient (Wildman–Crippen LogP) is 2.34. The van der Waals surface area contributed by atoms with Crippen molar-refractivity contribution >= 4 is 6.41 Å². The van der Waals surface area contributed by atoms with Gasteiger partial charge in [-0.2, -0.15) is 0 Å². The van der Waals surface area contributed by atoms with E-state index in [1.54, 1.807) is 0 Å². The molecule has 11 heavy (non-hydrogen) atoms. The van der Waals surface area contributed by atoms with Crippen molar-refractivity contribution in [3.8, 4) is 0 Å². The lowest BCUT2D eigenvalue weighted by molar-refractivity contribution is -0.109. The van der Waals surface area contributed by atoms with Gasteiger partial charge in [0.15, 0.2) is 0 Å². The van der Waals surface area contributed by atoms with Gasteiger partial charge in [-0.05, 0) is 6.92 Å². The maximum Gasteiger partial charge on any atom is 0.207 e. The van der Waals surface area contributed by atoms with Gasteiger partial charge < -0.3 is 5.32 Å².